The van der Waals surface area contributed by atoms with Gasteiger partial charge in [0.1, 0.15) is 17.1 Å². The molecular formula is C30H27N7O2S2. The Morgan fingerprint density at radius 2 is 1.78 bits per heavy atom. The van der Waals surface area contributed by atoms with Crippen LogP contribution < -0.4 is 10.6 Å². The summed E-state index contributed by atoms with van der Waals surface area (Å²) in [5.41, 5.74) is 4.27. The van der Waals surface area contributed by atoms with Crippen molar-refractivity contribution in [3.63, 3.8) is 0 Å². The quantitative estimate of drug-likeness (QED) is 0.114. The minimum Gasteiger partial charge on any atom is -0.305 e. The Hall–Kier alpha value is -4.32. The third kappa shape index (κ3) is 5.15. The molecule has 3 N–H and O–H groups in total. The van der Waals surface area contributed by atoms with E-state index in [0.29, 0.717) is 22.1 Å². The zero-order valence-electron chi connectivity index (χ0n) is 22.4. The Labute approximate surface area is 241 Å². The number of pyridine rings is 1. The van der Waals surface area contributed by atoms with E-state index in [4.69, 9.17) is 5.84 Å². The minimum atomic E-state index is -3.85. The standard InChI is InChI=1S/C30H27N7O2S2/c1-18(2)36-41(38,39)28-16-26(29(35-37-31)22-10-4-3-9-21(22)28)34-33-19-14-15-25(32-17-19)24-12-7-11-23-20-8-5-6-13-27(20)40-30(23)24/h3-5,7-12,14-18,36H,6,13H2,1-2H3,(H2,31,35). The maximum absolute atomic E-state index is 13.2. The van der Waals surface area contributed by atoms with Crippen LogP contribution in [-0.4, -0.2) is 19.4 Å². The van der Waals surface area contributed by atoms with E-state index >= 15 is 0 Å². The van der Waals surface area contributed by atoms with E-state index in [0.717, 1.165) is 24.1 Å². The first-order valence-corrected chi connectivity index (χ1v) is 15.4. The first-order chi connectivity index (χ1) is 19.9. The molecule has 1 aliphatic carbocycles. The summed E-state index contributed by atoms with van der Waals surface area (Å²) >= 11 is 1.83. The van der Waals surface area contributed by atoms with Gasteiger partial charge in [0.25, 0.3) is 0 Å². The molecule has 0 saturated carbocycles. The summed E-state index contributed by atoms with van der Waals surface area (Å²) in [6, 6.07) is 18.2. The lowest BCUT2D eigenvalue weighted by molar-refractivity contribution is 0.571. The Balaban J connectivity index is 1.39. The molecule has 41 heavy (non-hydrogen) atoms. The van der Waals surface area contributed by atoms with Crippen molar-refractivity contribution in [3.05, 3.63) is 83.4 Å². The second-order valence-corrected chi connectivity index (χ2v) is 12.7. The van der Waals surface area contributed by atoms with Gasteiger partial charge in [0.2, 0.25) is 10.0 Å². The van der Waals surface area contributed by atoms with Crippen LogP contribution in [0.3, 0.4) is 0 Å². The second-order valence-electron chi connectivity index (χ2n) is 9.94. The summed E-state index contributed by atoms with van der Waals surface area (Å²) in [4.78, 5) is 6.16. The number of aryl methyl sites for hydroxylation is 1. The molecule has 0 aliphatic heterocycles. The lowest BCUT2D eigenvalue weighted by atomic mass is 10.0. The number of hydrogen-bond donors (Lipinski definition) is 2. The largest absolute Gasteiger partial charge is 0.305 e. The van der Waals surface area contributed by atoms with Gasteiger partial charge in [-0.25, -0.2) is 13.1 Å². The molecule has 0 radical (unpaired) electrons. The fourth-order valence-corrected chi connectivity index (χ4v) is 7.84. The molecule has 206 valence electrons. The van der Waals surface area contributed by atoms with E-state index in [9.17, 15) is 8.42 Å². The summed E-state index contributed by atoms with van der Waals surface area (Å²) in [5, 5.41) is 18.5. The molecule has 11 heteroatoms. The Kier molecular flexibility index (Phi) is 7.16. The van der Waals surface area contributed by atoms with Crippen molar-refractivity contribution in [1.29, 1.82) is 0 Å². The van der Waals surface area contributed by atoms with Crippen LogP contribution in [0.2, 0.25) is 0 Å². The zero-order valence-corrected chi connectivity index (χ0v) is 24.1. The van der Waals surface area contributed by atoms with Crippen LogP contribution in [0.4, 0.5) is 17.1 Å². The predicted octanol–water partition coefficient (Wildman–Crippen LogP) is 8.14. The smallest absolute Gasteiger partial charge is 0.241 e. The van der Waals surface area contributed by atoms with Crippen molar-refractivity contribution in [3.8, 4) is 11.3 Å². The van der Waals surface area contributed by atoms with Crippen LogP contribution in [0.1, 0.15) is 30.7 Å². The highest BCUT2D eigenvalue weighted by Crippen LogP contribution is 2.42. The lowest BCUT2D eigenvalue weighted by Gasteiger charge is -2.14. The normalized spacial score (nSPS) is 13.7. The third-order valence-electron chi connectivity index (χ3n) is 6.75. The molecular weight excluding hydrogens is 555 g/mol. The molecule has 0 amide bonds. The maximum Gasteiger partial charge on any atom is 0.241 e. The number of azo groups is 1. The van der Waals surface area contributed by atoms with Crippen molar-refractivity contribution >= 4 is 65.4 Å². The summed E-state index contributed by atoms with van der Waals surface area (Å²) in [6.45, 7) is 3.52. The Bertz CT molecular complexity index is 1980. The van der Waals surface area contributed by atoms with Gasteiger partial charge in [-0.1, -0.05) is 59.8 Å². The highest BCUT2D eigenvalue weighted by Gasteiger charge is 2.23. The van der Waals surface area contributed by atoms with Gasteiger partial charge in [0.15, 0.2) is 0 Å². The van der Waals surface area contributed by atoms with Gasteiger partial charge in [-0.05, 0) is 50.5 Å². The maximum atomic E-state index is 13.2. The number of sulfonamides is 1. The summed E-state index contributed by atoms with van der Waals surface area (Å²) in [6.07, 6.45) is 8.23. The molecule has 0 unspecified atom stereocenters. The summed E-state index contributed by atoms with van der Waals surface area (Å²) < 4.78 is 30.3. The third-order valence-corrected chi connectivity index (χ3v) is 9.76. The molecule has 0 atom stereocenters. The highest BCUT2D eigenvalue weighted by atomic mass is 32.2. The van der Waals surface area contributed by atoms with E-state index < -0.39 is 10.0 Å². The number of nitrogens with zero attached hydrogens (tertiary/aromatic N) is 5. The van der Waals surface area contributed by atoms with E-state index in [-0.39, 0.29) is 16.6 Å². The van der Waals surface area contributed by atoms with Crippen LogP contribution in [0.25, 0.3) is 38.2 Å². The SMILES string of the molecule is CC(C)NS(=O)(=O)c1cc(N=Nc2ccc(-c3cccc4c5c(sc34)CCC=C5)nc2)c(N=NN)c2ccccc12. The minimum absolute atomic E-state index is 0.0711. The van der Waals surface area contributed by atoms with E-state index in [1.165, 1.54) is 26.6 Å². The number of rotatable bonds is 7. The monoisotopic (exact) mass is 581 g/mol. The number of thiophene rings is 1. The lowest BCUT2D eigenvalue weighted by Crippen LogP contribution is -2.30. The van der Waals surface area contributed by atoms with E-state index in [1.54, 1.807) is 44.3 Å². The van der Waals surface area contributed by atoms with Crippen molar-refractivity contribution in [2.45, 2.75) is 37.6 Å². The number of nitrogens with two attached hydrogens (primary N) is 1. The van der Waals surface area contributed by atoms with Gasteiger partial charge in [0.05, 0.1) is 16.8 Å². The Morgan fingerprint density at radius 1 is 0.976 bits per heavy atom. The number of hydrogen-bond acceptors (Lipinski definition) is 8. The molecule has 3 aromatic carbocycles. The van der Waals surface area contributed by atoms with E-state index in [2.05, 4.69) is 60.6 Å². The van der Waals surface area contributed by atoms with Crippen molar-refractivity contribution in [2.24, 2.45) is 26.4 Å². The molecule has 0 fully saturated rings. The topological polar surface area (TPSA) is 135 Å². The van der Waals surface area contributed by atoms with Crippen molar-refractivity contribution in [2.75, 3.05) is 0 Å². The average molecular weight is 582 g/mol. The van der Waals surface area contributed by atoms with Gasteiger partial charge >= 0.3 is 0 Å². The molecule has 5 aromatic rings. The molecule has 0 spiro atoms. The zero-order chi connectivity index (χ0) is 28.6. The molecule has 1 aliphatic rings. The second kappa shape index (κ2) is 10.9. The number of nitrogens with one attached hydrogen (secondary N) is 1. The van der Waals surface area contributed by atoms with Gasteiger partial charge in [-0.3, -0.25) is 4.98 Å². The van der Waals surface area contributed by atoms with Crippen molar-refractivity contribution in [1.82, 2.24) is 9.71 Å². The first kappa shape index (κ1) is 26.9. The van der Waals surface area contributed by atoms with Crippen LogP contribution in [-0.2, 0) is 16.4 Å². The Morgan fingerprint density at radius 3 is 2.54 bits per heavy atom. The molecule has 2 aromatic heterocycles. The van der Waals surface area contributed by atoms with Crippen LogP contribution in [0, 0.1) is 0 Å². The fourth-order valence-electron chi connectivity index (χ4n) is 5.04. The average Bonchev–Trinajstić information content (AvgIpc) is 3.35. The van der Waals surface area contributed by atoms with Crippen LogP contribution in [0.5, 0.6) is 0 Å². The van der Waals surface area contributed by atoms with Crippen LogP contribution in [0.15, 0.2) is 98.4 Å². The fraction of sp³-hybridized carbons (Fsp3) is 0.167. The number of benzene rings is 3. The first-order valence-electron chi connectivity index (χ1n) is 13.1. The van der Waals surface area contributed by atoms with Gasteiger partial charge < -0.3 is 5.84 Å². The summed E-state index contributed by atoms with van der Waals surface area (Å²) in [5.74, 6) is 5.40. The van der Waals surface area contributed by atoms with E-state index in [1.807, 2.05) is 23.5 Å². The molecule has 0 bridgehead atoms. The number of fused-ring (bicyclic) bond motifs is 4. The molecule has 0 saturated heterocycles. The molecule has 9 nitrogen and oxygen atoms in total. The van der Waals surface area contributed by atoms with Gasteiger partial charge in [0, 0.05) is 37.3 Å². The summed E-state index contributed by atoms with van der Waals surface area (Å²) in [7, 11) is -3.85. The predicted molar refractivity (Wildman–Crippen MR) is 165 cm³/mol. The number of aromatic nitrogens is 1. The molecule has 2 heterocycles. The number of allylic oxidation sites excluding steroid dienone is 1. The van der Waals surface area contributed by atoms with Gasteiger partial charge in [-0.2, -0.15) is 0 Å². The molecule has 6 rings (SSSR count). The van der Waals surface area contributed by atoms with Gasteiger partial charge in [-0.15, -0.1) is 26.7 Å². The van der Waals surface area contributed by atoms with Crippen LogP contribution >= 0.6 is 11.3 Å². The van der Waals surface area contributed by atoms with Crippen molar-refractivity contribution < 1.29 is 8.42 Å². The highest BCUT2D eigenvalue weighted by molar-refractivity contribution is 7.89.